The summed E-state index contributed by atoms with van der Waals surface area (Å²) in [6.07, 6.45) is 0. The van der Waals surface area contributed by atoms with Crippen LogP contribution in [0.15, 0.2) is 48.5 Å². The predicted molar refractivity (Wildman–Crippen MR) is 80.2 cm³/mol. The highest BCUT2D eigenvalue weighted by molar-refractivity contribution is 6.32. The van der Waals surface area contributed by atoms with E-state index < -0.39 is 6.04 Å². The molecule has 104 valence electrons. The fourth-order valence-corrected chi connectivity index (χ4v) is 1.69. The lowest BCUT2D eigenvalue weighted by molar-refractivity contribution is -0.117. The summed E-state index contributed by atoms with van der Waals surface area (Å²) in [7, 11) is 0. The van der Waals surface area contributed by atoms with Gasteiger partial charge in [-0.25, -0.2) is 0 Å². The van der Waals surface area contributed by atoms with Gasteiger partial charge in [0.2, 0.25) is 5.91 Å². The molecule has 0 aliphatic carbocycles. The fourth-order valence-electron chi connectivity index (χ4n) is 1.52. The van der Waals surface area contributed by atoms with E-state index in [1.54, 1.807) is 43.3 Å². The zero-order chi connectivity index (χ0) is 14.5. The van der Waals surface area contributed by atoms with Crippen molar-refractivity contribution in [2.75, 3.05) is 5.32 Å². The Morgan fingerprint density at radius 1 is 1.20 bits per heavy atom. The standard InChI is InChI=1S/C15H15ClN2O2/c1-10(17)15(19)18-11-6-8-12(9-7-11)20-14-5-3-2-4-13(14)16/h2-10H,17H2,1H3,(H,18,19). The van der Waals surface area contributed by atoms with Gasteiger partial charge in [-0.3, -0.25) is 4.79 Å². The number of carbonyl (C=O) groups is 1. The number of nitrogens with one attached hydrogen (secondary N) is 1. The number of rotatable bonds is 4. The quantitative estimate of drug-likeness (QED) is 0.907. The average molecular weight is 291 g/mol. The second-order valence-electron chi connectivity index (χ2n) is 4.33. The van der Waals surface area contributed by atoms with Gasteiger partial charge < -0.3 is 15.8 Å². The van der Waals surface area contributed by atoms with Gasteiger partial charge in [0.25, 0.3) is 0 Å². The first-order valence-electron chi connectivity index (χ1n) is 6.15. The number of para-hydroxylation sites is 1. The molecule has 0 aliphatic heterocycles. The average Bonchev–Trinajstić information content (AvgIpc) is 2.43. The number of halogens is 1. The highest BCUT2D eigenvalue weighted by atomic mass is 35.5. The molecule has 5 heteroatoms. The molecule has 1 amide bonds. The molecule has 2 rings (SSSR count). The minimum absolute atomic E-state index is 0.232. The Labute approximate surface area is 122 Å². The lowest BCUT2D eigenvalue weighted by Gasteiger charge is -2.10. The van der Waals surface area contributed by atoms with E-state index in [-0.39, 0.29) is 5.91 Å². The van der Waals surface area contributed by atoms with Crippen LogP contribution in [0, 0.1) is 0 Å². The molecule has 2 aromatic carbocycles. The van der Waals surface area contributed by atoms with Gasteiger partial charge in [0.05, 0.1) is 11.1 Å². The molecule has 0 heterocycles. The topological polar surface area (TPSA) is 64.4 Å². The second kappa shape index (κ2) is 6.41. The van der Waals surface area contributed by atoms with Crippen LogP contribution >= 0.6 is 11.6 Å². The molecule has 0 radical (unpaired) electrons. The molecule has 0 fully saturated rings. The Bertz CT molecular complexity index is 597. The van der Waals surface area contributed by atoms with Crippen molar-refractivity contribution >= 4 is 23.2 Å². The first-order chi connectivity index (χ1) is 9.56. The van der Waals surface area contributed by atoms with Gasteiger partial charge in [0, 0.05) is 5.69 Å². The zero-order valence-corrected chi connectivity index (χ0v) is 11.7. The molecule has 2 aromatic rings. The van der Waals surface area contributed by atoms with E-state index in [1.807, 2.05) is 12.1 Å². The molecule has 0 aromatic heterocycles. The van der Waals surface area contributed by atoms with Crippen LogP contribution in [0.3, 0.4) is 0 Å². The summed E-state index contributed by atoms with van der Waals surface area (Å²) in [6.45, 7) is 1.63. The number of benzene rings is 2. The molecular weight excluding hydrogens is 276 g/mol. The number of carbonyl (C=O) groups excluding carboxylic acids is 1. The third-order valence-corrected chi connectivity index (χ3v) is 2.91. The van der Waals surface area contributed by atoms with Gasteiger partial charge in [-0.2, -0.15) is 0 Å². The van der Waals surface area contributed by atoms with E-state index in [0.29, 0.717) is 22.2 Å². The normalized spacial score (nSPS) is 11.8. The van der Waals surface area contributed by atoms with Gasteiger partial charge >= 0.3 is 0 Å². The fraction of sp³-hybridized carbons (Fsp3) is 0.133. The van der Waals surface area contributed by atoms with Crippen molar-refractivity contribution in [2.45, 2.75) is 13.0 Å². The summed E-state index contributed by atoms with van der Waals surface area (Å²) in [5.41, 5.74) is 6.15. The Hall–Kier alpha value is -2.04. The lowest BCUT2D eigenvalue weighted by Crippen LogP contribution is -2.32. The summed E-state index contributed by atoms with van der Waals surface area (Å²) in [5.74, 6) is 0.989. The van der Waals surface area contributed by atoms with Gasteiger partial charge in [0.1, 0.15) is 11.5 Å². The van der Waals surface area contributed by atoms with Crippen LogP contribution in [0.1, 0.15) is 6.92 Å². The van der Waals surface area contributed by atoms with Crippen molar-refractivity contribution in [3.8, 4) is 11.5 Å². The third-order valence-electron chi connectivity index (χ3n) is 2.60. The molecule has 4 nitrogen and oxygen atoms in total. The van der Waals surface area contributed by atoms with Crippen LogP contribution in [0.2, 0.25) is 5.02 Å². The van der Waals surface area contributed by atoms with Crippen LogP contribution < -0.4 is 15.8 Å². The minimum Gasteiger partial charge on any atom is -0.456 e. The van der Waals surface area contributed by atoms with Gasteiger partial charge in [0.15, 0.2) is 0 Å². The highest BCUT2D eigenvalue weighted by Crippen LogP contribution is 2.29. The summed E-state index contributed by atoms with van der Waals surface area (Å²) in [5, 5.41) is 3.24. The first-order valence-corrected chi connectivity index (χ1v) is 6.53. The van der Waals surface area contributed by atoms with Crippen LogP contribution in [0.4, 0.5) is 5.69 Å². The lowest BCUT2D eigenvalue weighted by atomic mass is 10.2. The molecule has 1 unspecified atom stereocenters. The summed E-state index contributed by atoms with van der Waals surface area (Å²) in [4.78, 5) is 11.4. The van der Waals surface area contributed by atoms with E-state index in [1.165, 1.54) is 0 Å². The van der Waals surface area contributed by atoms with Crippen LogP contribution in [-0.4, -0.2) is 11.9 Å². The summed E-state index contributed by atoms with van der Waals surface area (Å²) in [6, 6.07) is 13.7. The summed E-state index contributed by atoms with van der Waals surface area (Å²) >= 11 is 6.01. The molecule has 0 aliphatic rings. The zero-order valence-electron chi connectivity index (χ0n) is 11.0. The van der Waals surface area contributed by atoms with Gasteiger partial charge in [-0.1, -0.05) is 23.7 Å². The largest absolute Gasteiger partial charge is 0.456 e. The van der Waals surface area contributed by atoms with Crippen molar-refractivity contribution in [3.63, 3.8) is 0 Å². The van der Waals surface area contributed by atoms with E-state index in [2.05, 4.69) is 5.32 Å². The maximum Gasteiger partial charge on any atom is 0.240 e. The predicted octanol–water partition coefficient (Wildman–Crippen LogP) is 3.42. The second-order valence-corrected chi connectivity index (χ2v) is 4.74. The Morgan fingerprint density at radius 3 is 2.45 bits per heavy atom. The Morgan fingerprint density at radius 2 is 1.85 bits per heavy atom. The monoisotopic (exact) mass is 290 g/mol. The van der Waals surface area contributed by atoms with Crippen molar-refractivity contribution < 1.29 is 9.53 Å². The molecular formula is C15H15ClN2O2. The number of nitrogens with two attached hydrogens (primary N) is 1. The van der Waals surface area contributed by atoms with Crippen LogP contribution in [0.25, 0.3) is 0 Å². The molecule has 0 spiro atoms. The number of amides is 1. The third kappa shape index (κ3) is 3.73. The maximum absolute atomic E-state index is 11.4. The van der Waals surface area contributed by atoms with E-state index in [9.17, 15) is 4.79 Å². The number of anilines is 1. The Balaban J connectivity index is 2.05. The van der Waals surface area contributed by atoms with E-state index >= 15 is 0 Å². The van der Waals surface area contributed by atoms with Crippen molar-refractivity contribution in [1.82, 2.24) is 0 Å². The molecule has 0 saturated carbocycles. The van der Waals surface area contributed by atoms with Gasteiger partial charge in [-0.05, 0) is 43.3 Å². The number of ether oxygens (including phenoxy) is 1. The molecule has 0 bridgehead atoms. The van der Waals surface area contributed by atoms with Crippen LogP contribution in [-0.2, 0) is 4.79 Å². The smallest absolute Gasteiger partial charge is 0.240 e. The Kier molecular flexibility index (Phi) is 4.61. The highest BCUT2D eigenvalue weighted by Gasteiger charge is 2.07. The minimum atomic E-state index is -0.547. The van der Waals surface area contributed by atoms with Crippen molar-refractivity contribution in [3.05, 3.63) is 53.6 Å². The number of hydrogen-bond donors (Lipinski definition) is 2. The van der Waals surface area contributed by atoms with Crippen molar-refractivity contribution in [2.24, 2.45) is 5.73 Å². The van der Waals surface area contributed by atoms with E-state index in [0.717, 1.165) is 0 Å². The SMILES string of the molecule is CC(N)C(=O)Nc1ccc(Oc2ccccc2Cl)cc1. The summed E-state index contributed by atoms with van der Waals surface area (Å²) < 4.78 is 5.65. The molecule has 20 heavy (non-hydrogen) atoms. The molecule has 0 saturated heterocycles. The molecule has 3 N–H and O–H groups in total. The number of hydrogen-bond acceptors (Lipinski definition) is 3. The molecule has 1 atom stereocenters. The van der Waals surface area contributed by atoms with Crippen LogP contribution in [0.5, 0.6) is 11.5 Å². The van der Waals surface area contributed by atoms with Gasteiger partial charge in [-0.15, -0.1) is 0 Å². The van der Waals surface area contributed by atoms with Crippen molar-refractivity contribution in [1.29, 1.82) is 0 Å². The first kappa shape index (κ1) is 14.4. The van der Waals surface area contributed by atoms with E-state index in [4.69, 9.17) is 22.1 Å². The maximum atomic E-state index is 11.4.